The maximum Gasteiger partial charge on any atom is 0.341 e. The Kier molecular flexibility index (Phi) is 5.97. The van der Waals surface area contributed by atoms with Gasteiger partial charge in [0.1, 0.15) is 11.1 Å². The molecular formula is C22H21Cl2N3O3. The van der Waals surface area contributed by atoms with Crippen molar-refractivity contribution in [3.63, 3.8) is 0 Å². The molecule has 1 aliphatic rings. The zero-order chi connectivity index (χ0) is 21.3. The standard InChI is InChI=1S/C22H21Cl2N3O3/c1-2-30-22(29)14-12-25-18-7-6-17(13-10-15(23)21(28)16(24)11-13)26-19(18)20(14)27-8-4-3-5-9-27/h6-7,10-12,28H,2-5,8-9H2,1H3. The normalized spacial score (nSPS) is 14.2. The Morgan fingerprint density at radius 1 is 1.17 bits per heavy atom. The molecule has 0 bridgehead atoms. The summed E-state index contributed by atoms with van der Waals surface area (Å²) in [7, 11) is 0. The number of benzene rings is 1. The van der Waals surface area contributed by atoms with E-state index < -0.39 is 5.97 Å². The second-order valence-electron chi connectivity index (χ2n) is 7.14. The molecule has 2 aromatic heterocycles. The van der Waals surface area contributed by atoms with Gasteiger partial charge in [-0.15, -0.1) is 0 Å². The number of pyridine rings is 2. The second-order valence-corrected chi connectivity index (χ2v) is 7.96. The number of carbonyl (C=O) groups is 1. The van der Waals surface area contributed by atoms with E-state index in [1.807, 2.05) is 12.1 Å². The van der Waals surface area contributed by atoms with Crippen LogP contribution in [0.25, 0.3) is 22.3 Å². The van der Waals surface area contributed by atoms with Crippen molar-refractivity contribution in [1.82, 2.24) is 9.97 Å². The van der Waals surface area contributed by atoms with Crippen molar-refractivity contribution in [2.24, 2.45) is 0 Å². The maximum absolute atomic E-state index is 12.7. The van der Waals surface area contributed by atoms with Gasteiger partial charge in [0.15, 0.2) is 5.75 Å². The number of ether oxygens (including phenoxy) is 1. The first-order valence-electron chi connectivity index (χ1n) is 9.89. The van der Waals surface area contributed by atoms with Crippen LogP contribution >= 0.6 is 23.2 Å². The SMILES string of the molecule is CCOC(=O)c1cnc2ccc(-c3cc(Cl)c(O)c(Cl)c3)nc2c1N1CCCCC1. The third-order valence-electron chi connectivity index (χ3n) is 5.17. The van der Waals surface area contributed by atoms with E-state index in [2.05, 4.69) is 9.88 Å². The van der Waals surface area contributed by atoms with Gasteiger partial charge in [0.05, 0.1) is 33.6 Å². The van der Waals surface area contributed by atoms with Crippen LogP contribution in [0.1, 0.15) is 36.5 Å². The number of hydrogen-bond donors (Lipinski definition) is 1. The molecule has 0 aliphatic carbocycles. The van der Waals surface area contributed by atoms with Crippen molar-refractivity contribution in [2.45, 2.75) is 26.2 Å². The smallest absolute Gasteiger partial charge is 0.341 e. The van der Waals surface area contributed by atoms with E-state index in [1.54, 1.807) is 25.3 Å². The molecule has 0 amide bonds. The van der Waals surface area contributed by atoms with Crippen LogP contribution < -0.4 is 4.90 Å². The van der Waals surface area contributed by atoms with Crippen LogP contribution in [0.2, 0.25) is 10.0 Å². The van der Waals surface area contributed by atoms with Crippen LogP contribution in [0.3, 0.4) is 0 Å². The van der Waals surface area contributed by atoms with Gasteiger partial charge in [0.25, 0.3) is 0 Å². The highest BCUT2D eigenvalue weighted by molar-refractivity contribution is 6.37. The molecule has 1 aliphatic heterocycles. The number of fused-ring (bicyclic) bond motifs is 1. The number of nitrogens with zero attached hydrogens (tertiary/aromatic N) is 3. The molecule has 8 heteroatoms. The Hall–Kier alpha value is -2.57. The summed E-state index contributed by atoms with van der Waals surface area (Å²) in [4.78, 5) is 24.1. The minimum absolute atomic E-state index is 0.147. The van der Waals surface area contributed by atoms with Crippen molar-refractivity contribution in [3.8, 4) is 17.0 Å². The lowest BCUT2D eigenvalue weighted by molar-refractivity contribution is 0.0526. The van der Waals surface area contributed by atoms with E-state index >= 15 is 0 Å². The molecule has 0 unspecified atom stereocenters. The molecule has 30 heavy (non-hydrogen) atoms. The fourth-order valence-corrected chi connectivity index (χ4v) is 4.21. The van der Waals surface area contributed by atoms with Crippen molar-refractivity contribution in [2.75, 3.05) is 24.6 Å². The molecule has 0 saturated carbocycles. The summed E-state index contributed by atoms with van der Waals surface area (Å²) in [5.41, 5.74) is 3.75. The van der Waals surface area contributed by atoms with E-state index in [0.29, 0.717) is 27.9 Å². The van der Waals surface area contributed by atoms with E-state index in [9.17, 15) is 9.90 Å². The number of piperidine rings is 1. The summed E-state index contributed by atoms with van der Waals surface area (Å²) >= 11 is 12.2. The van der Waals surface area contributed by atoms with Crippen LogP contribution in [-0.2, 0) is 4.74 Å². The van der Waals surface area contributed by atoms with Crippen molar-refractivity contribution in [3.05, 3.63) is 46.1 Å². The fraction of sp³-hybridized carbons (Fsp3) is 0.318. The van der Waals surface area contributed by atoms with Crippen molar-refractivity contribution >= 4 is 45.9 Å². The van der Waals surface area contributed by atoms with Crippen LogP contribution in [0.15, 0.2) is 30.5 Å². The molecule has 6 nitrogen and oxygen atoms in total. The summed E-state index contributed by atoms with van der Waals surface area (Å²) in [6, 6.07) is 6.90. The van der Waals surface area contributed by atoms with Gasteiger partial charge in [-0.3, -0.25) is 4.98 Å². The van der Waals surface area contributed by atoms with Crippen LogP contribution in [-0.4, -0.2) is 40.7 Å². The first-order valence-corrected chi connectivity index (χ1v) is 10.7. The zero-order valence-electron chi connectivity index (χ0n) is 16.5. The highest BCUT2D eigenvalue weighted by atomic mass is 35.5. The minimum atomic E-state index is -0.407. The van der Waals surface area contributed by atoms with E-state index in [4.69, 9.17) is 32.9 Å². The molecule has 1 saturated heterocycles. The number of aromatic hydroxyl groups is 1. The predicted octanol–water partition coefficient (Wildman–Crippen LogP) is 5.48. The van der Waals surface area contributed by atoms with Crippen molar-refractivity contribution < 1.29 is 14.6 Å². The molecule has 0 spiro atoms. The largest absolute Gasteiger partial charge is 0.505 e. The first kappa shape index (κ1) is 20.7. The van der Waals surface area contributed by atoms with E-state index in [-0.39, 0.29) is 22.4 Å². The molecule has 156 valence electrons. The second kappa shape index (κ2) is 8.66. The Balaban J connectivity index is 1.92. The summed E-state index contributed by atoms with van der Waals surface area (Å²) in [5.74, 6) is -0.571. The molecule has 1 fully saturated rings. The third-order valence-corrected chi connectivity index (χ3v) is 5.74. The average Bonchev–Trinajstić information content (AvgIpc) is 2.76. The molecule has 3 aromatic rings. The lowest BCUT2D eigenvalue weighted by Gasteiger charge is -2.30. The van der Waals surface area contributed by atoms with Gasteiger partial charge < -0.3 is 14.7 Å². The third kappa shape index (κ3) is 3.89. The van der Waals surface area contributed by atoms with E-state index in [0.717, 1.165) is 38.0 Å². The van der Waals surface area contributed by atoms with Gasteiger partial charge in [-0.25, -0.2) is 9.78 Å². The van der Waals surface area contributed by atoms with Crippen LogP contribution in [0.4, 0.5) is 5.69 Å². The molecule has 1 aromatic carbocycles. The lowest BCUT2D eigenvalue weighted by atomic mass is 10.1. The topological polar surface area (TPSA) is 75.5 Å². The molecule has 0 atom stereocenters. The van der Waals surface area contributed by atoms with Gasteiger partial charge >= 0.3 is 5.97 Å². The molecule has 1 N–H and O–H groups in total. The zero-order valence-corrected chi connectivity index (χ0v) is 18.0. The molecule has 3 heterocycles. The molecule has 4 rings (SSSR count). The monoisotopic (exact) mass is 445 g/mol. The number of rotatable bonds is 4. The molecule has 0 radical (unpaired) electrons. The Bertz CT molecular complexity index is 1090. The Morgan fingerprint density at radius 3 is 2.53 bits per heavy atom. The Labute approximate surface area is 184 Å². The van der Waals surface area contributed by atoms with Gasteiger partial charge in [0.2, 0.25) is 0 Å². The number of aromatic nitrogens is 2. The first-order chi connectivity index (χ1) is 14.5. The lowest BCUT2D eigenvalue weighted by Crippen LogP contribution is -2.31. The van der Waals surface area contributed by atoms with Crippen molar-refractivity contribution in [1.29, 1.82) is 0 Å². The fourth-order valence-electron chi connectivity index (χ4n) is 3.72. The summed E-state index contributed by atoms with van der Waals surface area (Å²) in [6.07, 6.45) is 4.83. The van der Waals surface area contributed by atoms with Gasteiger partial charge in [0, 0.05) is 24.8 Å². The number of anilines is 1. The average molecular weight is 446 g/mol. The number of halogens is 2. The van der Waals surface area contributed by atoms with Crippen LogP contribution in [0, 0.1) is 0 Å². The number of esters is 1. The number of phenolic OH excluding ortho intramolecular Hbond substituents is 1. The highest BCUT2D eigenvalue weighted by Crippen LogP contribution is 2.37. The maximum atomic E-state index is 12.7. The summed E-state index contributed by atoms with van der Waals surface area (Å²) in [5, 5.41) is 10.2. The molecular weight excluding hydrogens is 425 g/mol. The number of phenols is 1. The highest BCUT2D eigenvalue weighted by Gasteiger charge is 2.24. The van der Waals surface area contributed by atoms with Gasteiger partial charge in [-0.05, 0) is 50.5 Å². The van der Waals surface area contributed by atoms with Crippen LogP contribution in [0.5, 0.6) is 5.75 Å². The van der Waals surface area contributed by atoms with E-state index in [1.165, 1.54) is 0 Å². The van der Waals surface area contributed by atoms with Gasteiger partial charge in [-0.2, -0.15) is 0 Å². The minimum Gasteiger partial charge on any atom is -0.505 e. The quantitative estimate of drug-likeness (QED) is 0.536. The number of carbonyl (C=O) groups excluding carboxylic acids is 1. The van der Waals surface area contributed by atoms with Gasteiger partial charge in [-0.1, -0.05) is 23.2 Å². The summed E-state index contributed by atoms with van der Waals surface area (Å²) in [6.45, 7) is 3.75. The summed E-state index contributed by atoms with van der Waals surface area (Å²) < 4.78 is 5.27. The predicted molar refractivity (Wildman–Crippen MR) is 119 cm³/mol. The Morgan fingerprint density at radius 2 is 1.87 bits per heavy atom. The number of hydrogen-bond acceptors (Lipinski definition) is 6.